The third-order valence-corrected chi connectivity index (χ3v) is 3.80. The molecule has 0 bridgehead atoms. The molecule has 110 valence electrons. The molecular weight excluding hydrogens is 242 g/mol. The van der Waals surface area contributed by atoms with E-state index < -0.39 is 6.04 Å². The zero-order chi connectivity index (χ0) is 14.8. The Labute approximate surface area is 116 Å². The topological polar surface area (TPSA) is 66.6 Å². The van der Waals surface area contributed by atoms with Gasteiger partial charge in [-0.2, -0.15) is 0 Å². The second-order valence-electron chi connectivity index (χ2n) is 6.68. The number of carbonyl (C=O) groups excluding carboxylic acids is 2. The molecule has 1 rings (SSSR count). The third kappa shape index (κ3) is 3.93. The van der Waals surface area contributed by atoms with Crippen molar-refractivity contribution in [3.63, 3.8) is 0 Å². The summed E-state index contributed by atoms with van der Waals surface area (Å²) in [6.45, 7) is 7.17. The average Bonchev–Trinajstić information content (AvgIpc) is 2.35. The Balaban J connectivity index is 2.55. The number of piperidine rings is 1. The summed E-state index contributed by atoms with van der Waals surface area (Å²) in [6, 6.07) is -0.478. The lowest BCUT2D eigenvalue weighted by Crippen LogP contribution is -2.53. The molecule has 1 fully saturated rings. The van der Waals surface area contributed by atoms with Crippen LogP contribution in [0, 0.1) is 11.3 Å². The quantitative estimate of drug-likeness (QED) is 0.802. The first-order valence-electron chi connectivity index (χ1n) is 6.90. The van der Waals surface area contributed by atoms with E-state index in [0.29, 0.717) is 13.1 Å². The Kier molecular flexibility index (Phi) is 4.96. The third-order valence-electron chi connectivity index (χ3n) is 3.80. The molecule has 0 aromatic carbocycles. The summed E-state index contributed by atoms with van der Waals surface area (Å²) in [6.07, 6.45) is 1.47. The number of nitrogens with zero attached hydrogens (tertiary/aromatic N) is 2. The van der Waals surface area contributed by atoms with Gasteiger partial charge in [-0.15, -0.1) is 0 Å². The number of hydrogen-bond acceptors (Lipinski definition) is 3. The number of likely N-dealkylation sites (tertiary alicyclic amines) is 1. The SMILES string of the molecule is CN(C)C(=O)C1CCN(C(=O)[C@@H](N)C(C)(C)C)CC1. The van der Waals surface area contributed by atoms with Crippen molar-refractivity contribution in [3.8, 4) is 0 Å². The van der Waals surface area contributed by atoms with Gasteiger partial charge in [0.25, 0.3) is 0 Å². The summed E-state index contributed by atoms with van der Waals surface area (Å²) in [5, 5.41) is 0. The Bertz CT molecular complexity index is 339. The highest BCUT2D eigenvalue weighted by atomic mass is 16.2. The van der Waals surface area contributed by atoms with E-state index in [1.54, 1.807) is 23.9 Å². The molecule has 2 amide bonds. The van der Waals surface area contributed by atoms with E-state index in [0.717, 1.165) is 12.8 Å². The highest BCUT2D eigenvalue weighted by Gasteiger charge is 2.34. The molecule has 0 unspecified atom stereocenters. The van der Waals surface area contributed by atoms with Crippen molar-refractivity contribution in [2.24, 2.45) is 17.1 Å². The van der Waals surface area contributed by atoms with E-state index in [1.165, 1.54) is 0 Å². The molecule has 0 aliphatic carbocycles. The molecule has 5 heteroatoms. The van der Waals surface area contributed by atoms with Gasteiger partial charge in [0.1, 0.15) is 0 Å². The summed E-state index contributed by atoms with van der Waals surface area (Å²) >= 11 is 0. The standard InChI is InChI=1S/C14H27N3O2/c1-14(2,3)11(15)13(19)17-8-6-10(7-9-17)12(18)16(4)5/h10-11H,6-9,15H2,1-5H3/t11-/m1/s1. The predicted octanol–water partition coefficient (Wildman–Crippen LogP) is 0.687. The fourth-order valence-corrected chi connectivity index (χ4v) is 2.28. The van der Waals surface area contributed by atoms with Gasteiger partial charge in [-0.3, -0.25) is 9.59 Å². The van der Waals surface area contributed by atoms with Gasteiger partial charge < -0.3 is 15.5 Å². The monoisotopic (exact) mass is 269 g/mol. The number of hydrogen-bond donors (Lipinski definition) is 1. The molecule has 0 aromatic heterocycles. The molecule has 1 heterocycles. The molecule has 0 radical (unpaired) electrons. The Morgan fingerprint density at radius 1 is 1.21 bits per heavy atom. The van der Waals surface area contributed by atoms with E-state index in [-0.39, 0.29) is 23.1 Å². The van der Waals surface area contributed by atoms with Crippen LogP contribution in [0.5, 0.6) is 0 Å². The smallest absolute Gasteiger partial charge is 0.240 e. The minimum Gasteiger partial charge on any atom is -0.349 e. The maximum Gasteiger partial charge on any atom is 0.240 e. The van der Waals surface area contributed by atoms with Crippen LogP contribution in [0.3, 0.4) is 0 Å². The summed E-state index contributed by atoms with van der Waals surface area (Å²) in [5.41, 5.74) is 5.77. The van der Waals surface area contributed by atoms with Crippen LogP contribution in [0.1, 0.15) is 33.6 Å². The van der Waals surface area contributed by atoms with Crippen molar-refractivity contribution in [2.75, 3.05) is 27.2 Å². The van der Waals surface area contributed by atoms with Gasteiger partial charge in [0.05, 0.1) is 6.04 Å². The van der Waals surface area contributed by atoms with E-state index in [9.17, 15) is 9.59 Å². The Hall–Kier alpha value is -1.10. The molecule has 0 spiro atoms. The Morgan fingerprint density at radius 2 is 1.68 bits per heavy atom. The minimum absolute atomic E-state index is 0.00301. The van der Waals surface area contributed by atoms with Gasteiger partial charge in [0, 0.05) is 33.1 Å². The van der Waals surface area contributed by atoms with E-state index in [1.807, 2.05) is 20.8 Å². The van der Waals surface area contributed by atoms with E-state index >= 15 is 0 Å². The first kappa shape index (κ1) is 16.0. The molecule has 2 N–H and O–H groups in total. The first-order chi connectivity index (χ1) is 8.64. The van der Waals surface area contributed by atoms with Crippen molar-refractivity contribution >= 4 is 11.8 Å². The van der Waals surface area contributed by atoms with E-state index in [4.69, 9.17) is 5.73 Å². The number of rotatable bonds is 2. The maximum atomic E-state index is 12.3. The van der Waals surface area contributed by atoms with Crippen molar-refractivity contribution in [3.05, 3.63) is 0 Å². The molecular formula is C14H27N3O2. The summed E-state index contributed by atoms with van der Waals surface area (Å²) in [7, 11) is 3.55. The lowest BCUT2D eigenvalue weighted by atomic mass is 9.85. The Morgan fingerprint density at radius 3 is 2.05 bits per heavy atom. The van der Waals surface area contributed by atoms with Crippen LogP contribution in [0.2, 0.25) is 0 Å². The average molecular weight is 269 g/mol. The molecule has 1 saturated heterocycles. The lowest BCUT2D eigenvalue weighted by Gasteiger charge is -2.36. The molecule has 0 saturated carbocycles. The van der Waals surface area contributed by atoms with Crippen molar-refractivity contribution in [1.82, 2.24) is 9.80 Å². The number of carbonyl (C=O) groups is 2. The second kappa shape index (κ2) is 5.90. The summed E-state index contributed by atoms with van der Waals surface area (Å²) in [4.78, 5) is 27.6. The van der Waals surface area contributed by atoms with Crippen LogP contribution in [-0.4, -0.2) is 54.8 Å². The molecule has 1 aliphatic rings. The minimum atomic E-state index is -0.478. The highest BCUT2D eigenvalue weighted by Crippen LogP contribution is 2.23. The fourth-order valence-electron chi connectivity index (χ4n) is 2.28. The van der Waals surface area contributed by atoms with Gasteiger partial charge in [0.15, 0.2) is 0 Å². The molecule has 1 aliphatic heterocycles. The second-order valence-corrected chi connectivity index (χ2v) is 6.68. The van der Waals surface area contributed by atoms with Crippen LogP contribution >= 0.6 is 0 Å². The van der Waals surface area contributed by atoms with Crippen LogP contribution in [0.4, 0.5) is 0 Å². The predicted molar refractivity (Wildman–Crippen MR) is 75.4 cm³/mol. The molecule has 19 heavy (non-hydrogen) atoms. The summed E-state index contributed by atoms with van der Waals surface area (Å²) < 4.78 is 0. The van der Waals surface area contributed by atoms with Crippen molar-refractivity contribution < 1.29 is 9.59 Å². The lowest BCUT2D eigenvalue weighted by molar-refractivity contribution is -0.141. The fraction of sp³-hybridized carbons (Fsp3) is 0.857. The van der Waals surface area contributed by atoms with Crippen molar-refractivity contribution in [1.29, 1.82) is 0 Å². The van der Waals surface area contributed by atoms with Gasteiger partial charge in [-0.1, -0.05) is 20.8 Å². The number of amides is 2. The number of nitrogens with two attached hydrogens (primary N) is 1. The first-order valence-corrected chi connectivity index (χ1v) is 6.90. The van der Waals surface area contributed by atoms with Gasteiger partial charge in [0.2, 0.25) is 11.8 Å². The molecule has 0 aromatic rings. The molecule has 1 atom stereocenters. The van der Waals surface area contributed by atoms with Crippen LogP contribution < -0.4 is 5.73 Å². The molecule has 5 nitrogen and oxygen atoms in total. The van der Waals surface area contributed by atoms with Crippen LogP contribution in [0.15, 0.2) is 0 Å². The van der Waals surface area contributed by atoms with Gasteiger partial charge >= 0.3 is 0 Å². The van der Waals surface area contributed by atoms with E-state index in [2.05, 4.69) is 0 Å². The maximum absolute atomic E-state index is 12.3. The van der Waals surface area contributed by atoms with Crippen LogP contribution in [-0.2, 0) is 9.59 Å². The van der Waals surface area contributed by atoms with Gasteiger partial charge in [-0.25, -0.2) is 0 Å². The largest absolute Gasteiger partial charge is 0.349 e. The normalized spacial score (nSPS) is 19.2. The van der Waals surface area contributed by atoms with Gasteiger partial charge in [-0.05, 0) is 18.3 Å². The highest BCUT2D eigenvalue weighted by molar-refractivity contribution is 5.83. The zero-order valence-corrected chi connectivity index (χ0v) is 12.8. The zero-order valence-electron chi connectivity index (χ0n) is 12.8. The van der Waals surface area contributed by atoms with Crippen molar-refractivity contribution in [2.45, 2.75) is 39.7 Å². The van der Waals surface area contributed by atoms with Crippen LogP contribution in [0.25, 0.3) is 0 Å². The summed E-state index contributed by atoms with van der Waals surface area (Å²) in [5.74, 6) is 0.209.